The van der Waals surface area contributed by atoms with Crippen molar-refractivity contribution in [1.29, 1.82) is 0 Å². The lowest BCUT2D eigenvalue weighted by molar-refractivity contribution is -0.122. The van der Waals surface area contributed by atoms with Crippen molar-refractivity contribution in [2.45, 2.75) is 38.5 Å². The Morgan fingerprint density at radius 2 is 1.87 bits per heavy atom. The number of ether oxygens (including phenoxy) is 1. The number of aromatic nitrogens is 1. The summed E-state index contributed by atoms with van der Waals surface area (Å²) in [5.74, 6) is -1.20. The van der Waals surface area contributed by atoms with E-state index in [-0.39, 0.29) is 42.4 Å². The molecule has 2 atom stereocenters. The van der Waals surface area contributed by atoms with Crippen molar-refractivity contribution in [3.63, 3.8) is 0 Å². The SMILES string of the molecule is COc1cccc(CNC[C@@H](O)[C@H](Cc2cc(F)cc(F)c2)NC(=O)Cc2nc(NS(C)(=O)=O)oc2C)c1. The molecule has 0 bridgehead atoms. The first kappa shape index (κ1) is 29.0. The molecule has 4 N–H and O–H groups in total. The minimum Gasteiger partial charge on any atom is -0.497 e. The quantitative estimate of drug-likeness (QED) is 0.252. The molecule has 3 rings (SSSR count). The van der Waals surface area contributed by atoms with Gasteiger partial charge in [-0.25, -0.2) is 21.9 Å². The van der Waals surface area contributed by atoms with Crippen LogP contribution in [0.5, 0.6) is 5.75 Å². The first-order valence-electron chi connectivity index (χ1n) is 11.6. The zero-order chi connectivity index (χ0) is 27.9. The van der Waals surface area contributed by atoms with E-state index in [0.29, 0.717) is 12.3 Å². The predicted molar refractivity (Wildman–Crippen MR) is 136 cm³/mol. The Morgan fingerprint density at radius 3 is 2.53 bits per heavy atom. The maximum absolute atomic E-state index is 13.8. The summed E-state index contributed by atoms with van der Waals surface area (Å²) in [7, 11) is -2.07. The number of aryl methyl sites for hydroxylation is 1. The molecule has 0 saturated carbocycles. The Labute approximate surface area is 219 Å². The van der Waals surface area contributed by atoms with Gasteiger partial charge in [-0.15, -0.1) is 0 Å². The number of halogens is 2. The van der Waals surface area contributed by atoms with Crippen molar-refractivity contribution in [1.82, 2.24) is 15.6 Å². The number of hydrogen-bond acceptors (Lipinski definition) is 8. The molecule has 38 heavy (non-hydrogen) atoms. The maximum Gasteiger partial charge on any atom is 0.309 e. The second-order valence-electron chi connectivity index (χ2n) is 8.78. The molecular formula is C25H30F2N4O6S. The topological polar surface area (TPSA) is 143 Å². The van der Waals surface area contributed by atoms with E-state index >= 15 is 0 Å². The molecule has 13 heteroatoms. The number of aliphatic hydroxyl groups excluding tert-OH is 1. The molecule has 0 unspecified atom stereocenters. The number of amides is 1. The highest BCUT2D eigenvalue weighted by Crippen LogP contribution is 2.17. The predicted octanol–water partition coefficient (Wildman–Crippen LogP) is 2.06. The lowest BCUT2D eigenvalue weighted by Crippen LogP contribution is -2.49. The van der Waals surface area contributed by atoms with Crippen LogP contribution in [-0.2, 0) is 34.2 Å². The van der Waals surface area contributed by atoms with E-state index in [1.807, 2.05) is 18.2 Å². The Morgan fingerprint density at radius 1 is 1.16 bits per heavy atom. The molecule has 0 aliphatic heterocycles. The maximum atomic E-state index is 13.8. The van der Waals surface area contributed by atoms with Crippen molar-refractivity contribution in [3.05, 3.63) is 76.7 Å². The summed E-state index contributed by atoms with van der Waals surface area (Å²) in [5, 5.41) is 16.7. The number of sulfonamides is 1. The van der Waals surface area contributed by atoms with E-state index in [2.05, 4.69) is 20.3 Å². The molecule has 1 aromatic heterocycles. The van der Waals surface area contributed by atoms with Crippen LogP contribution in [0.25, 0.3) is 0 Å². The zero-order valence-electron chi connectivity index (χ0n) is 21.1. The molecule has 3 aromatic rings. The van der Waals surface area contributed by atoms with Crippen LogP contribution in [0.15, 0.2) is 46.9 Å². The largest absolute Gasteiger partial charge is 0.497 e. The smallest absolute Gasteiger partial charge is 0.309 e. The van der Waals surface area contributed by atoms with Crippen LogP contribution in [0.3, 0.4) is 0 Å². The Bertz CT molecular complexity index is 1350. The fourth-order valence-electron chi connectivity index (χ4n) is 3.76. The number of carbonyl (C=O) groups is 1. The van der Waals surface area contributed by atoms with E-state index in [9.17, 15) is 27.1 Å². The fourth-order valence-corrected chi connectivity index (χ4v) is 4.16. The number of carbonyl (C=O) groups excluding carboxylic acids is 1. The third-order valence-electron chi connectivity index (χ3n) is 5.50. The van der Waals surface area contributed by atoms with E-state index in [4.69, 9.17) is 9.15 Å². The van der Waals surface area contributed by atoms with Gasteiger partial charge in [0.2, 0.25) is 15.9 Å². The number of nitrogens with one attached hydrogen (secondary N) is 3. The van der Waals surface area contributed by atoms with Crippen molar-refractivity contribution in [3.8, 4) is 5.75 Å². The average Bonchev–Trinajstić information content (AvgIpc) is 3.14. The summed E-state index contributed by atoms with van der Waals surface area (Å²) >= 11 is 0. The van der Waals surface area contributed by atoms with Crippen molar-refractivity contribution in [2.24, 2.45) is 0 Å². The number of methoxy groups -OCH3 is 1. The third-order valence-corrected chi connectivity index (χ3v) is 6.04. The minimum atomic E-state index is -3.63. The van der Waals surface area contributed by atoms with Gasteiger partial charge in [0, 0.05) is 19.2 Å². The second kappa shape index (κ2) is 12.8. The molecule has 0 fully saturated rings. The number of benzene rings is 2. The second-order valence-corrected chi connectivity index (χ2v) is 10.5. The van der Waals surface area contributed by atoms with Gasteiger partial charge in [-0.05, 0) is 48.7 Å². The summed E-state index contributed by atoms with van der Waals surface area (Å²) in [6.07, 6.45) is -0.528. The monoisotopic (exact) mass is 552 g/mol. The van der Waals surface area contributed by atoms with Gasteiger partial charge in [0.1, 0.15) is 23.1 Å². The van der Waals surface area contributed by atoms with Gasteiger partial charge in [0.25, 0.3) is 0 Å². The molecule has 0 aliphatic rings. The molecule has 0 radical (unpaired) electrons. The first-order chi connectivity index (χ1) is 17.9. The fraction of sp³-hybridized carbons (Fsp3) is 0.360. The number of hydrogen-bond donors (Lipinski definition) is 4. The summed E-state index contributed by atoms with van der Waals surface area (Å²) in [4.78, 5) is 16.8. The third kappa shape index (κ3) is 9.08. The molecule has 206 valence electrons. The molecule has 10 nitrogen and oxygen atoms in total. The molecule has 0 saturated heterocycles. The zero-order valence-corrected chi connectivity index (χ0v) is 21.9. The van der Waals surface area contributed by atoms with Crippen LogP contribution in [0, 0.1) is 18.6 Å². The molecule has 0 aliphatic carbocycles. The number of anilines is 1. The van der Waals surface area contributed by atoms with Gasteiger partial charge < -0.3 is 24.9 Å². The highest BCUT2D eigenvalue weighted by atomic mass is 32.2. The van der Waals surface area contributed by atoms with E-state index in [1.165, 1.54) is 6.92 Å². The summed E-state index contributed by atoms with van der Waals surface area (Å²) in [6, 6.07) is 9.15. The van der Waals surface area contributed by atoms with E-state index < -0.39 is 39.7 Å². The van der Waals surface area contributed by atoms with Crippen molar-refractivity contribution < 1.29 is 36.3 Å². The lowest BCUT2D eigenvalue weighted by Gasteiger charge is -2.25. The molecule has 1 heterocycles. The van der Waals surface area contributed by atoms with Gasteiger partial charge in [0.15, 0.2) is 0 Å². The molecule has 2 aromatic carbocycles. The van der Waals surface area contributed by atoms with Crippen LogP contribution in [0.1, 0.15) is 22.6 Å². The van der Waals surface area contributed by atoms with E-state index in [0.717, 1.165) is 30.0 Å². The van der Waals surface area contributed by atoms with Crippen molar-refractivity contribution >= 4 is 21.9 Å². The van der Waals surface area contributed by atoms with Crippen LogP contribution in [-0.4, -0.2) is 56.5 Å². The normalized spacial score (nSPS) is 13.1. The Kier molecular flexibility index (Phi) is 9.78. The van der Waals surface area contributed by atoms with Crippen molar-refractivity contribution in [2.75, 3.05) is 24.6 Å². The standard InChI is InChI=1S/C25H30F2N4O6S/c1-15-21(30-25(37-15)31-38(3,34)35)12-24(33)29-22(10-17-7-18(26)11-19(27)8-17)23(32)14-28-13-16-5-4-6-20(9-16)36-2/h4-9,11,22-23,28,32H,10,12-14H2,1-3H3,(H,29,33)(H,30,31)/t22-,23+/m0/s1. The summed E-state index contributed by atoms with van der Waals surface area (Å²) in [5.41, 5.74) is 1.34. The lowest BCUT2D eigenvalue weighted by atomic mass is 10.00. The number of oxazole rings is 1. The molecular weight excluding hydrogens is 522 g/mol. The van der Waals surface area contributed by atoms with Gasteiger partial charge in [-0.3, -0.25) is 4.79 Å². The Hall–Kier alpha value is -3.55. The number of rotatable bonds is 13. The van der Waals surface area contributed by atoms with Crippen LogP contribution < -0.4 is 20.1 Å². The Balaban J connectivity index is 1.69. The van der Waals surface area contributed by atoms with Gasteiger partial charge in [0.05, 0.1) is 37.6 Å². The highest BCUT2D eigenvalue weighted by molar-refractivity contribution is 7.91. The number of nitrogens with zero attached hydrogens (tertiary/aromatic N) is 1. The molecule has 1 amide bonds. The molecule has 0 spiro atoms. The number of aliphatic hydroxyl groups is 1. The highest BCUT2D eigenvalue weighted by Gasteiger charge is 2.24. The van der Waals surface area contributed by atoms with E-state index in [1.54, 1.807) is 13.2 Å². The van der Waals surface area contributed by atoms with Crippen LogP contribution in [0.2, 0.25) is 0 Å². The summed E-state index contributed by atoms with van der Waals surface area (Å²) < 4.78 is 62.9. The van der Waals surface area contributed by atoms with Gasteiger partial charge >= 0.3 is 6.01 Å². The van der Waals surface area contributed by atoms with Gasteiger partial charge in [-0.2, -0.15) is 4.98 Å². The minimum absolute atomic E-state index is 0.0545. The van der Waals surface area contributed by atoms with Crippen LogP contribution in [0.4, 0.5) is 14.8 Å². The average molecular weight is 553 g/mol. The van der Waals surface area contributed by atoms with Gasteiger partial charge in [-0.1, -0.05) is 12.1 Å². The van der Waals surface area contributed by atoms with Crippen LogP contribution >= 0.6 is 0 Å². The first-order valence-corrected chi connectivity index (χ1v) is 13.5. The summed E-state index contributed by atoms with van der Waals surface area (Å²) in [6.45, 7) is 1.98.